The average molecular weight is 437 g/mol. The van der Waals surface area contributed by atoms with Crippen LogP contribution in [-0.4, -0.2) is 43.0 Å². The fourth-order valence-electron chi connectivity index (χ4n) is 3.03. The molecule has 0 unspecified atom stereocenters. The molecule has 0 saturated carbocycles. The number of carbonyl (C=O) groups is 1. The summed E-state index contributed by atoms with van der Waals surface area (Å²) in [6.07, 6.45) is 5.90. The molecule has 0 aliphatic rings. The van der Waals surface area contributed by atoms with Crippen LogP contribution in [0.3, 0.4) is 0 Å². The molecule has 1 aromatic carbocycles. The maximum absolute atomic E-state index is 12.9. The number of H-pyrrole nitrogens is 2. The largest absolute Gasteiger partial charge is 0.336 e. The van der Waals surface area contributed by atoms with E-state index in [4.69, 9.17) is 0 Å². The fourth-order valence-corrected chi connectivity index (χ4v) is 3.03. The van der Waals surface area contributed by atoms with Gasteiger partial charge in [-0.2, -0.15) is 0 Å². The van der Waals surface area contributed by atoms with Crippen LogP contribution in [0.1, 0.15) is 11.1 Å². The number of aromatic amines is 2. The van der Waals surface area contributed by atoms with Crippen LogP contribution in [-0.2, 0) is 17.9 Å². The predicted molar refractivity (Wildman–Crippen MR) is 119 cm³/mol. The highest BCUT2D eigenvalue weighted by molar-refractivity contribution is 5.91. The molecule has 0 bridgehead atoms. The molecule has 1 amide bonds. The van der Waals surface area contributed by atoms with E-state index in [-0.39, 0.29) is 32.1 Å². The van der Waals surface area contributed by atoms with E-state index in [9.17, 15) is 24.0 Å². The Morgan fingerprint density at radius 2 is 1.59 bits per heavy atom. The quantitative estimate of drug-likeness (QED) is 0.477. The van der Waals surface area contributed by atoms with Crippen molar-refractivity contribution in [3.8, 4) is 0 Å². The van der Waals surface area contributed by atoms with E-state index < -0.39 is 22.5 Å². The minimum Gasteiger partial charge on any atom is -0.336 e. The van der Waals surface area contributed by atoms with Crippen LogP contribution in [0.5, 0.6) is 0 Å². The molecule has 2 heterocycles. The lowest BCUT2D eigenvalue weighted by Gasteiger charge is -2.22. The first-order valence-electron chi connectivity index (χ1n) is 9.95. The van der Waals surface area contributed by atoms with Gasteiger partial charge in [-0.05, 0) is 18.6 Å². The number of amides is 1. The van der Waals surface area contributed by atoms with E-state index in [1.807, 2.05) is 30.3 Å². The second-order valence-electron chi connectivity index (χ2n) is 7.14. The summed E-state index contributed by atoms with van der Waals surface area (Å²) in [7, 11) is 0. The fraction of sp³-hybridized carbons (Fsp3) is 0.227. The van der Waals surface area contributed by atoms with Gasteiger partial charge in [0.25, 0.3) is 11.1 Å². The number of hydrogen-bond acceptors (Lipinski definition) is 5. The van der Waals surface area contributed by atoms with Crippen molar-refractivity contribution < 1.29 is 4.79 Å². The number of hydrogen-bond donors (Lipinski definition) is 2. The van der Waals surface area contributed by atoms with Gasteiger partial charge in [-0.3, -0.25) is 33.5 Å². The Labute approximate surface area is 182 Å². The minimum atomic E-state index is -0.572. The first-order chi connectivity index (χ1) is 15.3. The van der Waals surface area contributed by atoms with Crippen molar-refractivity contribution in [2.75, 3.05) is 13.1 Å². The molecule has 0 aliphatic heterocycles. The molecule has 10 nitrogen and oxygen atoms in total. The molecule has 0 fully saturated rings. The van der Waals surface area contributed by atoms with Gasteiger partial charge in [-0.15, -0.1) is 0 Å². The first kappa shape index (κ1) is 22.5. The highest BCUT2D eigenvalue weighted by Crippen LogP contribution is 2.03. The maximum Gasteiger partial charge on any atom is 0.328 e. The summed E-state index contributed by atoms with van der Waals surface area (Å²) >= 11 is 0. The van der Waals surface area contributed by atoms with Crippen LogP contribution in [0.15, 0.2) is 74.0 Å². The van der Waals surface area contributed by atoms with Crippen LogP contribution in [0.2, 0.25) is 0 Å². The van der Waals surface area contributed by atoms with Crippen molar-refractivity contribution in [3.05, 3.63) is 108 Å². The smallest absolute Gasteiger partial charge is 0.328 e. The molecule has 2 N–H and O–H groups in total. The van der Waals surface area contributed by atoms with Crippen molar-refractivity contribution in [3.63, 3.8) is 0 Å². The number of benzene rings is 1. The Bertz CT molecular complexity index is 1350. The third-order valence-electron chi connectivity index (χ3n) is 4.84. The van der Waals surface area contributed by atoms with Gasteiger partial charge < -0.3 is 4.90 Å². The molecule has 3 aromatic rings. The zero-order chi connectivity index (χ0) is 23.1. The molecule has 0 radical (unpaired) electrons. The van der Waals surface area contributed by atoms with E-state index in [1.54, 1.807) is 13.0 Å². The lowest BCUT2D eigenvalue weighted by molar-refractivity contribution is -0.126. The van der Waals surface area contributed by atoms with Crippen LogP contribution < -0.4 is 22.5 Å². The summed E-state index contributed by atoms with van der Waals surface area (Å²) in [5.41, 5.74) is -0.863. The van der Waals surface area contributed by atoms with E-state index in [2.05, 4.69) is 9.97 Å². The molecule has 0 aliphatic carbocycles. The number of rotatable bonds is 8. The highest BCUT2D eigenvalue weighted by atomic mass is 16.2. The van der Waals surface area contributed by atoms with Crippen molar-refractivity contribution >= 4 is 12.0 Å². The molecule has 0 atom stereocenters. The molecule has 2 aromatic heterocycles. The Morgan fingerprint density at radius 1 is 0.938 bits per heavy atom. The zero-order valence-corrected chi connectivity index (χ0v) is 17.5. The van der Waals surface area contributed by atoms with Crippen LogP contribution >= 0.6 is 0 Å². The van der Waals surface area contributed by atoms with E-state index in [1.165, 1.54) is 38.6 Å². The van der Waals surface area contributed by atoms with Gasteiger partial charge in [0.1, 0.15) is 0 Å². The summed E-state index contributed by atoms with van der Waals surface area (Å²) < 4.78 is 2.61. The van der Waals surface area contributed by atoms with E-state index >= 15 is 0 Å². The van der Waals surface area contributed by atoms with Gasteiger partial charge >= 0.3 is 11.4 Å². The second kappa shape index (κ2) is 10.2. The monoisotopic (exact) mass is 437 g/mol. The average Bonchev–Trinajstić information content (AvgIpc) is 2.77. The highest BCUT2D eigenvalue weighted by Gasteiger charge is 2.12. The Balaban J connectivity index is 1.78. The molecular weight excluding hydrogens is 414 g/mol. The van der Waals surface area contributed by atoms with Crippen molar-refractivity contribution in [1.29, 1.82) is 0 Å². The van der Waals surface area contributed by atoms with Gasteiger partial charge in [-0.25, -0.2) is 9.59 Å². The Hall–Kier alpha value is -4.21. The zero-order valence-electron chi connectivity index (χ0n) is 17.5. The minimum absolute atomic E-state index is 0.153. The van der Waals surface area contributed by atoms with Gasteiger partial charge in [0.2, 0.25) is 5.91 Å². The van der Waals surface area contributed by atoms with Crippen LogP contribution in [0.4, 0.5) is 0 Å². The number of aryl methyl sites for hydroxylation is 1. The number of carbonyl (C=O) groups excluding carboxylic acids is 1. The van der Waals surface area contributed by atoms with Gasteiger partial charge in [0, 0.05) is 56.3 Å². The molecular formula is C22H23N5O5. The third kappa shape index (κ3) is 5.91. The number of aromatic nitrogens is 4. The summed E-state index contributed by atoms with van der Waals surface area (Å²) in [5, 5.41) is 0. The third-order valence-corrected chi connectivity index (χ3v) is 4.84. The standard InChI is InChI=1S/C22H23N5O5/c1-16-15-27(22(32)24-20(16)30)14-12-25(11-13-26-10-9-18(28)23-21(26)31)19(29)8-7-17-5-3-2-4-6-17/h2-10,15H,11-14H2,1H3,(H,23,28,31)(H,24,30,32)/b8-7+. The van der Waals surface area contributed by atoms with E-state index in [0.29, 0.717) is 5.56 Å². The number of nitrogens with one attached hydrogen (secondary N) is 2. The van der Waals surface area contributed by atoms with Crippen molar-refractivity contribution in [2.45, 2.75) is 20.0 Å². The van der Waals surface area contributed by atoms with Gasteiger partial charge in [0.15, 0.2) is 0 Å². The number of nitrogens with zero attached hydrogens (tertiary/aromatic N) is 3. The molecule has 32 heavy (non-hydrogen) atoms. The molecule has 166 valence electrons. The maximum atomic E-state index is 12.9. The first-order valence-corrected chi connectivity index (χ1v) is 9.95. The molecule has 3 rings (SSSR count). The Kier molecular flexibility index (Phi) is 7.17. The van der Waals surface area contributed by atoms with Crippen LogP contribution in [0.25, 0.3) is 6.08 Å². The van der Waals surface area contributed by atoms with Crippen molar-refractivity contribution in [1.82, 2.24) is 24.0 Å². The second-order valence-corrected chi connectivity index (χ2v) is 7.14. The summed E-state index contributed by atoms with van der Waals surface area (Å²) in [6.45, 7) is 2.23. The SMILES string of the molecule is Cc1cn(CCN(CCn2ccc(=O)[nH]c2=O)C(=O)/C=C/c2ccccc2)c(=O)[nH]c1=O. The molecule has 0 spiro atoms. The topological polar surface area (TPSA) is 130 Å². The summed E-state index contributed by atoms with van der Waals surface area (Å²) in [6, 6.07) is 10.5. The van der Waals surface area contributed by atoms with E-state index in [0.717, 1.165) is 5.56 Å². The van der Waals surface area contributed by atoms with Crippen LogP contribution in [0, 0.1) is 6.92 Å². The lowest BCUT2D eigenvalue weighted by Crippen LogP contribution is -2.40. The summed E-state index contributed by atoms with van der Waals surface area (Å²) in [4.78, 5) is 65.6. The van der Waals surface area contributed by atoms with Gasteiger partial charge in [0.05, 0.1) is 0 Å². The molecule has 0 saturated heterocycles. The Morgan fingerprint density at radius 3 is 2.28 bits per heavy atom. The predicted octanol–water partition coefficient (Wildman–Crippen LogP) is -0.0628. The summed E-state index contributed by atoms with van der Waals surface area (Å²) in [5.74, 6) is -0.305. The normalized spacial score (nSPS) is 11.0. The lowest BCUT2D eigenvalue weighted by atomic mass is 10.2. The van der Waals surface area contributed by atoms with Gasteiger partial charge in [-0.1, -0.05) is 30.3 Å². The molecule has 10 heteroatoms. The van der Waals surface area contributed by atoms with Crippen molar-refractivity contribution in [2.24, 2.45) is 0 Å².